The maximum atomic E-state index is 12.7. The molecule has 0 spiro atoms. The summed E-state index contributed by atoms with van der Waals surface area (Å²) in [6, 6.07) is 17.1. The van der Waals surface area contributed by atoms with Crippen molar-refractivity contribution in [2.75, 3.05) is 26.1 Å². The lowest BCUT2D eigenvalue weighted by atomic mass is 9.92. The molecule has 0 saturated heterocycles. The molecule has 4 rings (SSSR count). The van der Waals surface area contributed by atoms with Crippen molar-refractivity contribution >= 4 is 22.6 Å². The zero-order valence-electron chi connectivity index (χ0n) is 18.3. The fourth-order valence-corrected chi connectivity index (χ4v) is 3.90. The largest absolute Gasteiger partial charge is 0.497 e. The number of urea groups is 1. The second-order valence-electron chi connectivity index (χ2n) is 7.45. The Morgan fingerprint density at radius 3 is 2.69 bits per heavy atom. The van der Waals surface area contributed by atoms with Crippen LogP contribution in [0, 0.1) is 0 Å². The predicted octanol–water partition coefficient (Wildman–Crippen LogP) is 4.54. The first-order chi connectivity index (χ1) is 15.6. The number of ether oxygens (including phenoxy) is 2. The zero-order valence-corrected chi connectivity index (χ0v) is 18.3. The van der Waals surface area contributed by atoms with E-state index in [1.807, 2.05) is 37.5 Å². The second-order valence-corrected chi connectivity index (χ2v) is 7.45. The minimum atomic E-state index is -0.317. The molecule has 0 radical (unpaired) electrons. The van der Waals surface area contributed by atoms with Crippen LogP contribution in [-0.2, 0) is 7.05 Å². The predicted molar refractivity (Wildman–Crippen MR) is 126 cm³/mol. The fraction of sp³-hybridized carbons (Fsp3) is 0.200. The SMILES string of the molecule is COc1ccc(NC(=O)NC[C@H](c2cccnc2)c2cn(C)c3ccccc23)c(OC)c1. The highest BCUT2D eigenvalue weighted by Gasteiger charge is 2.20. The Morgan fingerprint density at radius 1 is 1.09 bits per heavy atom. The van der Waals surface area contributed by atoms with E-state index in [1.54, 1.807) is 38.6 Å². The van der Waals surface area contributed by atoms with Gasteiger partial charge in [-0.25, -0.2) is 4.79 Å². The highest BCUT2D eigenvalue weighted by molar-refractivity contribution is 5.91. The molecule has 0 aliphatic rings. The van der Waals surface area contributed by atoms with Crippen molar-refractivity contribution in [3.63, 3.8) is 0 Å². The zero-order chi connectivity index (χ0) is 22.5. The maximum Gasteiger partial charge on any atom is 0.319 e. The van der Waals surface area contributed by atoms with Crippen molar-refractivity contribution in [3.8, 4) is 11.5 Å². The van der Waals surface area contributed by atoms with Crippen molar-refractivity contribution < 1.29 is 14.3 Å². The number of methoxy groups -OCH3 is 2. The molecule has 4 aromatic rings. The van der Waals surface area contributed by atoms with Crippen LogP contribution in [0.3, 0.4) is 0 Å². The van der Waals surface area contributed by atoms with Crippen LogP contribution in [0.25, 0.3) is 10.9 Å². The van der Waals surface area contributed by atoms with Gasteiger partial charge in [0, 0.05) is 55.1 Å². The summed E-state index contributed by atoms with van der Waals surface area (Å²) < 4.78 is 12.7. The Hall–Kier alpha value is -4.00. The molecule has 2 amide bonds. The molecular weight excluding hydrogens is 404 g/mol. The molecule has 0 unspecified atom stereocenters. The number of aromatic nitrogens is 2. The molecule has 0 saturated carbocycles. The number of para-hydroxylation sites is 1. The topological polar surface area (TPSA) is 77.4 Å². The number of nitrogens with zero attached hydrogens (tertiary/aromatic N) is 2. The number of anilines is 1. The van der Waals surface area contributed by atoms with Crippen molar-refractivity contribution in [1.29, 1.82) is 0 Å². The average molecular weight is 431 g/mol. The van der Waals surface area contributed by atoms with Crippen LogP contribution >= 0.6 is 0 Å². The van der Waals surface area contributed by atoms with Crippen LogP contribution in [0.4, 0.5) is 10.5 Å². The van der Waals surface area contributed by atoms with Gasteiger partial charge in [-0.2, -0.15) is 0 Å². The number of pyridine rings is 1. The van der Waals surface area contributed by atoms with Crippen LogP contribution in [0.5, 0.6) is 11.5 Å². The molecule has 0 fully saturated rings. The molecule has 2 N–H and O–H groups in total. The Bertz CT molecular complexity index is 1220. The van der Waals surface area contributed by atoms with E-state index in [0.29, 0.717) is 23.7 Å². The summed E-state index contributed by atoms with van der Waals surface area (Å²) in [4.78, 5) is 17.0. The van der Waals surface area contributed by atoms with Gasteiger partial charge in [-0.3, -0.25) is 4.98 Å². The summed E-state index contributed by atoms with van der Waals surface area (Å²) in [5.74, 6) is 1.12. The lowest BCUT2D eigenvalue weighted by Gasteiger charge is -2.18. The minimum absolute atomic E-state index is 0.0571. The van der Waals surface area contributed by atoms with Crippen LogP contribution in [0.2, 0.25) is 0 Å². The molecule has 1 atom stereocenters. The Balaban J connectivity index is 1.57. The monoisotopic (exact) mass is 430 g/mol. The number of carbonyl (C=O) groups is 1. The van der Waals surface area contributed by atoms with E-state index in [-0.39, 0.29) is 11.9 Å². The molecular formula is C25H26N4O3. The quantitative estimate of drug-likeness (QED) is 0.451. The maximum absolute atomic E-state index is 12.7. The van der Waals surface area contributed by atoms with E-state index in [1.165, 1.54) is 0 Å². The van der Waals surface area contributed by atoms with Gasteiger partial charge in [-0.05, 0) is 35.4 Å². The van der Waals surface area contributed by atoms with E-state index in [0.717, 1.165) is 22.0 Å². The number of carbonyl (C=O) groups excluding carboxylic acids is 1. The standard InChI is InChI=1S/C25H26N4O3/c1-29-16-21(19-8-4-5-9-23(19)29)20(17-7-6-12-26-14-17)15-27-25(30)28-22-11-10-18(31-2)13-24(22)32-3/h4-14,16,20H,15H2,1-3H3,(H2,27,28,30)/t20-/m1/s1. The number of amides is 2. The Labute approximate surface area is 187 Å². The third kappa shape index (κ3) is 4.37. The first-order valence-electron chi connectivity index (χ1n) is 10.3. The number of nitrogens with one attached hydrogen (secondary N) is 2. The van der Waals surface area contributed by atoms with Crippen molar-refractivity contribution in [1.82, 2.24) is 14.9 Å². The minimum Gasteiger partial charge on any atom is -0.497 e. The molecule has 7 heteroatoms. The molecule has 2 heterocycles. The summed E-state index contributed by atoms with van der Waals surface area (Å²) >= 11 is 0. The van der Waals surface area contributed by atoms with Gasteiger partial charge in [0.15, 0.2) is 0 Å². The Kier molecular flexibility index (Phi) is 6.26. The molecule has 0 aliphatic heterocycles. The summed E-state index contributed by atoms with van der Waals surface area (Å²) in [6.07, 6.45) is 5.71. The van der Waals surface area contributed by atoms with Crippen LogP contribution in [0.1, 0.15) is 17.0 Å². The smallest absolute Gasteiger partial charge is 0.319 e. The van der Waals surface area contributed by atoms with E-state index in [9.17, 15) is 4.79 Å². The normalized spacial score (nSPS) is 11.7. The van der Waals surface area contributed by atoms with Gasteiger partial charge in [-0.1, -0.05) is 24.3 Å². The summed E-state index contributed by atoms with van der Waals surface area (Å²) in [5.41, 5.74) is 3.88. The summed E-state index contributed by atoms with van der Waals surface area (Å²) in [6.45, 7) is 0.407. The van der Waals surface area contributed by atoms with Crippen molar-refractivity contribution in [2.45, 2.75) is 5.92 Å². The summed E-state index contributed by atoms with van der Waals surface area (Å²) in [5, 5.41) is 7.03. The van der Waals surface area contributed by atoms with Crippen molar-refractivity contribution in [3.05, 3.63) is 84.3 Å². The van der Waals surface area contributed by atoms with E-state index < -0.39 is 0 Å². The van der Waals surface area contributed by atoms with Gasteiger partial charge in [0.25, 0.3) is 0 Å². The number of rotatable bonds is 7. The van der Waals surface area contributed by atoms with Gasteiger partial charge in [-0.15, -0.1) is 0 Å². The lowest BCUT2D eigenvalue weighted by Crippen LogP contribution is -2.32. The van der Waals surface area contributed by atoms with Gasteiger partial charge in [0.1, 0.15) is 11.5 Å². The average Bonchev–Trinajstić information content (AvgIpc) is 3.16. The van der Waals surface area contributed by atoms with Crippen molar-refractivity contribution in [2.24, 2.45) is 7.05 Å². The first-order valence-corrected chi connectivity index (χ1v) is 10.3. The highest BCUT2D eigenvalue weighted by Crippen LogP contribution is 2.32. The second kappa shape index (κ2) is 9.43. The van der Waals surface area contributed by atoms with Gasteiger partial charge >= 0.3 is 6.03 Å². The molecule has 0 aliphatic carbocycles. The van der Waals surface area contributed by atoms with Gasteiger partial charge < -0.3 is 24.7 Å². The van der Waals surface area contributed by atoms with E-state index >= 15 is 0 Å². The van der Waals surface area contributed by atoms with Crippen LogP contribution < -0.4 is 20.1 Å². The molecule has 32 heavy (non-hydrogen) atoms. The van der Waals surface area contributed by atoms with Gasteiger partial charge in [0.2, 0.25) is 0 Å². The fourth-order valence-electron chi connectivity index (χ4n) is 3.90. The number of aryl methyl sites for hydroxylation is 1. The third-order valence-corrected chi connectivity index (χ3v) is 5.51. The molecule has 2 aromatic heterocycles. The number of benzene rings is 2. The number of hydrogen-bond acceptors (Lipinski definition) is 4. The summed E-state index contributed by atoms with van der Waals surface area (Å²) in [7, 11) is 5.17. The van der Waals surface area contributed by atoms with E-state index in [2.05, 4.69) is 38.5 Å². The van der Waals surface area contributed by atoms with E-state index in [4.69, 9.17) is 9.47 Å². The highest BCUT2D eigenvalue weighted by atomic mass is 16.5. The molecule has 7 nitrogen and oxygen atoms in total. The number of hydrogen-bond donors (Lipinski definition) is 2. The molecule has 0 bridgehead atoms. The van der Waals surface area contributed by atoms with Crippen LogP contribution in [0.15, 0.2) is 73.2 Å². The molecule has 164 valence electrons. The van der Waals surface area contributed by atoms with Crippen LogP contribution in [-0.4, -0.2) is 36.3 Å². The lowest BCUT2D eigenvalue weighted by molar-refractivity contribution is 0.251. The number of fused-ring (bicyclic) bond motifs is 1. The third-order valence-electron chi connectivity index (χ3n) is 5.51. The first kappa shape index (κ1) is 21.2. The van der Waals surface area contributed by atoms with Gasteiger partial charge in [0.05, 0.1) is 19.9 Å². The molecule has 2 aromatic carbocycles. The Morgan fingerprint density at radius 2 is 1.94 bits per heavy atom.